The number of rotatable bonds is 4. The van der Waals surface area contributed by atoms with Crippen molar-refractivity contribution in [2.75, 3.05) is 12.4 Å². The Morgan fingerprint density at radius 3 is 2.58 bits per heavy atom. The molecule has 0 aliphatic carbocycles. The molecule has 0 aliphatic heterocycles. The summed E-state index contributed by atoms with van der Waals surface area (Å²) in [6.45, 7) is 0. The van der Waals surface area contributed by atoms with E-state index in [0.29, 0.717) is 17.5 Å². The SMILES string of the molecule is COc1ccc(-c2nnc(Nc3nc4c(I)cccc4o3)o2)cc1. The van der Waals surface area contributed by atoms with Gasteiger partial charge in [0.25, 0.3) is 0 Å². The summed E-state index contributed by atoms with van der Waals surface area (Å²) in [6, 6.07) is 13.6. The Labute approximate surface area is 150 Å². The molecule has 2 aromatic heterocycles. The molecule has 24 heavy (non-hydrogen) atoms. The number of benzene rings is 2. The van der Waals surface area contributed by atoms with E-state index in [0.717, 1.165) is 20.4 Å². The van der Waals surface area contributed by atoms with E-state index in [9.17, 15) is 0 Å². The van der Waals surface area contributed by atoms with Gasteiger partial charge in [0.15, 0.2) is 5.58 Å². The van der Waals surface area contributed by atoms with Crippen LogP contribution >= 0.6 is 22.6 Å². The number of nitrogens with zero attached hydrogens (tertiary/aromatic N) is 3. The third-order valence-corrected chi connectivity index (χ3v) is 4.22. The van der Waals surface area contributed by atoms with Crippen molar-refractivity contribution >= 4 is 45.7 Å². The molecule has 4 aromatic rings. The summed E-state index contributed by atoms with van der Waals surface area (Å²) in [4.78, 5) is 4.38. The summed E-state index contributed by atoms with van der Waals surface area (Å²) >= 11 is 2.21. The van der Waals surface area contributed by atoms with Gasteiger partial charge in [-0.2, -0.15) is 4.98 Å². The van der Waals surface area contributed by atoms with Gasteiger partial charge < -0.3 is 13.6 Å². The second-order valence-electron chi connectivity index (χ2n) is 4.87. The van der Waals surface area contributed by atoms with Crippen LogP contribution in [0.1, 0.15) is 0 Å². The number of methoxy groups -OCH3 is 1. The number of hydrogen-bond acceptors (Lipinski definition) is 7. The topological polar surface area (TPSA) is 86.2 Å². The van der Waals surface area contributed by atoms with Crippen molar-refractivity contribution in [3.63, 3.8) is 0 Å². The van der Waals surface area contributed by atoms with Crippen LogP contribution in [0.4, 0.5) is 12.0 Å². The molecular weight excluding hydrogens is 423 g/mol. The molecule has 0 atom stereocenters. The molecule has 0 saturated heterocycles. The molecule has 0 radical (unpaired) electrons. The predicted octanol–water partition coefficient (Wildman–Crippen LogP) is 4.23. The van der Waals surface area contributed by atoms with Gasteiger partial charge in [-0.3, -0.25) is 5.32 Å². The molecule has 0 fully saturated rings. The molecule has 2 heterocycles. The Hall–Kier alpha value is -2.62. The quantitative estimate of drug-likeness (QED) is 0.481. The van der Waals surface area contributed by atoms with Gasteiger partial charge in [-0.25, -0.2) is 0 Å². The van der Waals surface area contributed by atoms with Crippen LogP contribution in [0.15, 0.2) is 51.3 Å². The fourth-order valence-corrected chi connectivity index (χ4v) is 2.78. The molecular formula is C16H11IN4O3. The summed E-state index contributed by atoms with van der Waals surface area (Å²) in [5.41, 5.74) is 2.28. The predicted molar refractivity (Wildman–Crippen MR) is 96.3 cm³/mol. The Balaban J connectivity index is 1.58. The van der Waals surface area contributed by atoms with Gasteiger partial charge in [0, 0.05) is 9.13 Å². The summed E-state index contributed by atoms with van der Waals surface area (Å²) < 4.78 is 17.4. The number of halogens is 1. The highest BCUT2D eigenvalue weighted by Crippen LogP contribution is 2.27. The lowest BCUT2D eigenvalue weighted by molar-refractivity contribution is 0.415. The van der Waals surface area contributed by atoms with Gasteiger partial charge in [0.05, 0.1) is 7.11 Å². The number of para-hydroxylation sites is 1. The zero-order valence-electron chi connectivity index (χ0n) is 12.5. The maximum absolute atomic E-state index is 5.63. The van der Waals surface area contributed by atoms with Crippen LogP contribution in [0.3, 0.4) is 0 Å². The second-order valence-corrected chi connectivity index (χ2v) is 6.03. The van der Waals surface area contributed by atoms with Crippen molar-refractivity contribution in [2.45, 2.75) is 0 Å². The fourth-order valence-electron chi connectivity index (χ4n) is 2.18. The monoisotopic (exact) mass is 434 g/mol. The Morgan fingerprint density at radius 1 is 1.00 bits per heavy atom. The number of fused-ring (bicyclic) bond motifs is 1. The smallest absolute Gasteiger partial charge is 0.323 e. The van der Waals surface area contributed by atoms with Crippen molar-refractivity contribution < 1.29 is 13.6 Å². The number of oxazole rings is 1. The van der Waals surface area contributed by atoms with Crippen LogP contribution in [0.25, 0.3) is 22.6 Å². The molecule has 0 saturated carbocycles. The fraction of sp³-hybridized carbons (Fsp3) is 0.0625. The molecule has 7 nitrogen and oxygen atoms in total. The first-order chi connectivity index (χ1) is 11.7. The van der Waals surface area contributed by atoms with Gasteiger partial charge in [0.2, 0.25) is 5.89 Å². The van der Waals surface area contributed by atoms with Gasteiger partial charge in [-0.05, 0) is 59.0 Å². The summed E-state index contributed by atoms with van der Waals surface area (Å²) in [5, 5.41) is 10.9. The maximum atomic E-state index is 5.63. The molecule has 1 N–H and O–H groups in total. The van der Waals surface area contributed by atoms with E-state index in [4.69, 9.17) is 13.6 Å². The van der Waals surface area contributed by atoms with E-state index in [2.05, 4.69) is 43.1 Å². The maximum Gasteiger partial charge on any atom is 0.323 e. The lowest BCUT2D eigenvalue weighted by atomic mass is 10.2. The first-order valence-electron chi connectivity index (χ1n) is 7.03. The van der Waals surface area contributed by atoms with E-state index in [1.54, 1.807) is 7.11 Å². The van der Waals surface area contributed by atoms with Crippen LogP contribution in [-0.2, 0) is 0 Å². The molecule has 0 bridgehead atoms. The highest BCUT2D eigenvalue weighted by molar-refractivity contribution is 14.1. The summed E-state index contributed by atoms with van der Waals surface area (Å²) in [7, 11) is 1.62. The molecule has 0 amide bonds. The van der Waals surface area contributed by atoms with E-state index < -0.39 is 0 Å². The number of nitrogens with one attached hydrogen (secondary N) is 1. The Morgan fingerprint density at radius 2 is 1.83 bits per heavy atom. The standard InChI is InChI=1S/C16H11IN4O3/c1-22-10-7-5-9(6-8-10)14-20-21-16(24-14)19-15-18-13-11(17)3-2-4-12(13)23-15/h2-8H,1H3,(H,18,19,21). The van der Waals surface area contributed by atoms with E-state index in [-0.39, 0.29) is 6.01 Å². The van der Waals surface area contributed by atoms with Gasteiger partial charge in [-0.1, -0.05) is 11.2 Å². The summed E-state index contributed by atoms with van der Waals surface area (Å²) in [6.07, 6.45) is 0. The lowest BCUT2D eigenvalue weighted by Crippen LogP contribution is -1.89. The molecule has 2 aromatic carbocycles. The average Bonchev–Trinajstić information content (AvgIpc) is 3.23. The van der Waals surface area contributed by atoms with Gasteiger partial charge >= 0.3 is 12.0 Å². The van der Waals surface area contributed by atoms with E-state index >= 15 is 0 Å². The van der Waals surface area contributed by atoms with E-state index in [1.807, 2.05) is 42.5 Å². The van der Waals surface area contributed by atoms with E-state index in [1.165, 1.54) is 0 Å². The van der Waals surface area contributed by atoms with Crippen LogP contribution in [-0.4, -0.2) is 22.3 Å². The van der Waals surface area contributed by atoms with Gasteiger partial charge in [0.1, 0.15) is 11.3 Å². The van der Waals surface area contributed by atoms with Crippen LogP contribution in [0, 0.1) is 3.57 Å². The molecule has 8 heteroatoms. The largest absolute Gasteiger partial charge is 0.497 e. The van der Waals surface area contributed by atoms with Gasteiger partial charge in [-0.15, -0.1) is 5.10 Å². The highest BCUT2D eigenvalue weighted by Gasteiger charge is 2.13. The third kappa shape index (κ3) is 2.80. The molecule has 0 aliphatic rings. The zero-order valence-corrected chi connectivity index (χ0v) is 14.6. The lowest BCUT2D eigenvalue weighted by Gasteiger charge is -1.99. The number of aromatic nitrogens is 3. The minimum Gasteiger partial charge on any atom is -0.497 e. The molecule has 120 valence electrons. The highest BCUT2D eigenvalue weighted by atomic mass is 127. The van der Waals surface area contributed by atoms with Crippen molar-refractivity contribution in [3.8, 4) is 17.2 Å². The normalized spacial score (nSPS) is 10.9. The zero-order chi connectivity index (χ0) is 16.5. The second kappa shape index (κ2) is 6.11. The number of ether oxygens (including phenoxy) is 1. The summed E-state index contributed by atoms with van der Waals surface area (Å²) in [5.74, 6) is 1.16. The minimum atomic E-state index is 0.211. The minimum absolute atomic E-state index is 0.211. The molecule has 4 rings (SSSR count). The third-order valence-electron chi connectivity index (χ3n) is 3.35. The Kier molecular flexibility index (Phi) is 3.81. The van der Waals surface area contributed by atoms with Crippen molar-refractivity contribution in [1.29, 1.82) is 0 Å². The van der Waals surface area contributed by atoms with Crippen LogP contribution in [0.2, 0.25) is 0 Å². The van der Waals surface area contributed by atoms with Crippen molar-refractivity contribution in [3.05, 3.63) is 46.0 Å². The number of anilines is 2. The first-order valence-corrected chi connectivity index (χ1v) is 8.11. The first kappa shape index (κ1) is 14.9. The van der Waals surface area contributed by atoms with Crippen LogP contribution < -0.4 is 10.1 Å². The Bertz CT molecular complexity index is 994. The number of hydrogen-bond donors (Lipinski definition) is 1. The van der Waals surface area contributed by atoms with Crippen molar-refractivity contribution in [1.82, 2.24) is 15.2 Å². The molecule has 0 spiro atoms. The molecule has 0 unspecified atom stereocenters. The van der Waals surface area contributed by atoms with Crippen LogP contribution in [0.5, 0.6) is 5.75 Å². The average molecular weight is 434 g/mol. The van der Waals surface area contributed by atoms with Crippen molar-refractivity contribution in [2.24, 2.45) is 0 Å².